The zero-order chi connectivity index (χ0) is 13.4. The predicted octanol–water partition coefficient (Wildman–Crippen LogP) is 3.32. The molecule has 5 heteroatoms. The highest BCUT2D eigenvalue weighted by Crippen LogP contribution is 2.30. The first kappa shape index (κ1) is 11.5. The number of hydrogen-bond acceptors (Lipinski definition) is 2. The quantitative estimate of drug-likeness (QED) is 0.717. The van der Waals surface area contributed by atoms with Gasteiger partial charge in [0.2, 0.25) is 0 Å². The summed E-state index contributed by atoms with van der Waals surface area (Å²) in [6.07, 6.45) is 3.72. The van der Waals surface area contributed by atoms with Gasteiger partial charge in [-0.2, -0.15) is 0 Å². The van der Waals surface area contributed by atoms with E-state index in [2.05, 4.69) is 9.97 Å². The molecule has 0 aliphatic rings. The fourth-order valence-corrected chi connectivity index (χ4v) is 2.12. The monoisotopic (exact) mass is 258 g/mol. The zero-order valence-corrected chi connectivity index (χ0v) is 9.65. The third-order valence-corrected chi connectivity index (χ3v) is 2.90. The second-order valence-corrected chi connectivity index (χ2v) is 4.10. The highest BCUT2D eigenvalue weighted by molar-refractivity contribution is 6.04. The minimum Gasteiger partial charge on any atom is -0.345 e. The molecule has 0 radical (unpaired) electrons. The van der Waals surface area contributed by atoms with Crippen molar-refractivity contribution in [1.82, 2.24) is 9.97 Å². The lowest BCUT2D eigenvalue weighted by Crippen LogP contribution is -1.88. The van der Waals surface area contributed by atoms with Gasteiger partial charge in [-0.25, -0.2) is 13.8 Å². The fraction of sp³-hybridized carbons (Fsp3) is 0. The summed E-state index contributed by atoms with van der Waals surface area (Å²) in [4.78, 5) is 17.9. The largest absolute Gasteiger partial charge is 0.345 e. The molecule has 0 aliphatic heterocycles. The Hall–Kier alpha value is -2.56. The average Bonchev–Trinajstić information content (AvgIpc) is 2.80. The fourth-order valence-electron chi connectivity index (χ4n) is 2.12. The number of nitrogens with one attached hydrogen (secondary N) is 1. The number of aromatic nitrogens is 2. The number of rotatable bonds is 2. The molecule has 0 aliphatic carbocycles. The smallest absolute Gasteiger partial charge is 0.152 e. The lowest BCUT2D eigenvalue weighted by Gasteiger charge is -2.05. The molecule has 2 aromatic heterocycles. The third-order valence-electron chi connectivity index (χ3n) is 2.90. The number of carbonyl (C=O) groups is 1. The molecule has 0 bridgehead atoms. The highest BCUT2D eigenvalue weighted by atomic mass is 19.1. The Morgan fingerprint density at radius 1 is 1.16 bits per heavy atom. The van der Waals surface area contributed by atoms with Crippen molar-refractivity contribution in [3.05, 3.63) is 53.9 Å². The number of benzene rings is 1. The molecule has 3 aromatic rings. The summed E-state index contributed by atoms with van der Waals surface area (Å²) in [7, 11) is 0. The third kappa shape index (κ3) is 1.89. The Labute approximate surface area is 106 Å². The molecule has 3 nitrogen and oxygen atoms in total. The number of hydrogen-bond donors (Lipinski definition) is 1. The van der Waals surface area contributed by atoms with Crippen LogP contribution in [-0.2, 0) is 0 Å². The maximum absolute atomic E-state index is 13.3. The van der Waals surface area contributed by atoms with E-state index in [0.29, 0.717) is 34.0 Å². The van der Waals surface area contributed by atoms with Gasteiger partial charge < -0.3 is 4.98 Å². The van der Waals surface area contributed by atoms with Gasteiger partial charge in [0.1, 0.15) is 17.3 Å². The van der Waals surface area contributed by atoms with E-state index in [9.17, 15) is 13.6 Å². The molecule has 0 spiro atoms. The van der Waals surface area contributed by atoms with E-state index in [4.69, 9.17) is 0 Å². The van der Waals surface area contributed by atoms with Gasteiger partial charge >= 0.3 is 0 Å². The highest BCUT2D eigenvalue weighted by Gasteiger charge is 2.12. The van der Waals surface area contributed by atoms with Gasteiger partial charge in [-0.3, -0.25) is 4.79 Å². The molecule has 0 saturated carbocycles. The Balaban J connectivity index is 2.35. The first-order valence-electron chi connectivity index (χ1n) is 5.57. The number of halogens is 2. The van der Waals surface area contributed by atoms with Crippen LogP contribution in [0.25, 0.3) is 22.2 Å². The van der Waals surface area contributed by atoms with Gasteiger partial charge in [0.05, 0.1) is 0 Å². The van der Waals surface area contributed by atoms with Crippen molar-refractivity contribution in [3.8, 4) is 11.1 Å². The van der Waals surface area contributed by atoms with Gasteiger partial charge in [-0.1, -0.05) is 0 Å². The number of aldehydes is 1. The van der Waals surface area contributed by atoms with Gasteiger partial charge in [-0.15, -0.1) is 0 Å². The van der Waals surface area contributed by atoms with Crippen LogP contribution >= 0.6 is 0 Å². The topological polar surface area (TPSA) is 45.8 Å². The van der Waals surface area contributed by atoms with Crippen molar-refractivity contribution in [1.29, 1.82) is 0 Å². The molecule has 3 rings (SSSR count). The first-order valence-corrected chi connectivity index (χ1v) is 5.57. The second kappa shape index (κ2) is 4.28. The van der Waals surface area contributed by atoms with E-state index in [1.165, 1.54) is 24.5 Å². The number of carbonyl (C=O) groups excluding carboxylic acids is 1. The Kier molecular flexibility index (Phi) is 2.59. The molecule has 0 amide bonds. The van der Waals surface area contributed by atoms with Crippen molar-refractivity contribution in [2.75, 3.05) is 0 Å². The van der Waals surface area contributed by atoms with Crippen molar-refractivity contribution >= 4 is 17.3 Å². The minimum absolute atomic E-state index is 0.368. The molecular weight excluding hydrogens is 250 g/mol. The molecule has 1 N–H and O–H groups in total. The summed E-state index contributed by atoms with van der Waals surface area (Å²) in [5, 5.41) is 0.558. The Morgan fingerprint density at radius 2 is 1.89 bits per heavy atom. The summed E-state index contributed by atoms with van der Waals surface area (Å²) in [5.74, 6) is -1.33. The number of nitrogens with zero attached hydrogens (tertiary/aromatic N) is 1. The molecule has 0 unspecified atom stereocenters. The van der Waals surface area contributed by atoms with Crippen LogP contribution in [0.4, 0.5) is 8.78 Å². The predicted molar refractivity (Wildman–Crippen MR) is 66.8 cm³/mol. The summed E-state index contributed by atoms with van der Waals surface area (Å²) in [5.41, 5.74) is 1.84. The lowest BCUT2D eigenvalue weighted by atomic mass is 10.0. The van der Waals surface area contributed by atoms with Crippen LogP contribution < -0.4 is 0 Å². The summed E-state index contributed by atoms with van der Waals surface area (Å²) >= 11 is 0. The van der Waals surface area contributed by atoms with E-state index >= 15 is 0 Å². The summed E-state index contributed by atoms with van der Waals surface area (Å²) in [6, 6.07) is 4.87. The molecule has 0 atom stereocenters. The van der Waals surface area contributed by atoms with Gasteiger partial charge in [-0.05, 0) is 29.3 Å². The van der Waals surface area contributed by atoms with Crippen molar-refractivity contribution in [2.45, 2.75) is 0 Å². The molecule has 19 heavy (non-hydrogen) atoms. The SMILES string of the molecule is O=Cc1c[nH]c2nccc(-c3cc(F)cc(F)c3)c12. The van der Waals surface area contributed by atoms with Crippen LogP contribution in [0.15, 0.2) is 36.7 Å². The average molecular weight is 258 g/mol. The molecule has 0 saturated heterocycles. The molecule has 94 valence electrons. The van der Waals surface area contributed by atoms with Crippen LogP contribution in [0.3, 0.4) is 0 Å². The van der Waals surface area contributed by atoms with Crippen molar-refractivity contribution in [2.24, 2.45) is 0 Å². The molecule has 2 heterocycles. The van der Waals surface area contributed by atoms with E-state index in [1.54, 1.807) is 6.07 Å². The number of fused-ring (bicyclic) bond motifs is 1. The van der Waals surface area contributed by atoms with E-state index in [1.807, 2.05) is 0 Å². The standard InChI is InChI=1S/C14H8F2N2O/c15-10-3-8(4-11(16)5-10)12-1-2-17-14-13(12)9(7-19)6-18-14/h1-7H,(H,17,18). The second-order valence-electron chi connectivity index (χ2n) is 4.10. The molecule has 1 aromatic carbocycles. The van der Waals surface area contributed by atoms with E-state index < -0.39 is 11.6 Å². The normalized spacial score (nSPS) is 10.8. The van der Waals surface area contributed by atoms with Crippen LogP contribution in [0.5, 0.6) is 0 Å². The molecule has 0 fully saturated rings. The Bertz CT molecular complexity index is 760. The summed E-state index contributed by atoms with van der Waals surface area (Å²) in [6.45, 7) is 0. The van der Waals surface area contributed by atoms with Crippen LogP contribution in [-0.4, -0.2) is 16.3 Å². The van der Waals surface area contributed by atoms with Crippen molar-refractivity contribution in [3.63, 3.8) is 0 Å². The van der Waals surface area contributed by atoms with Crippen LogP contribution in [0, 0.1) is 11.6 Å². The maximum atomic E-state index is 13.3. The molecular formula is C14H8F2N2O. The van der Waals surface area contributed by atoms with Crippen molar-refractivity contribution < 1.29 is 13.6 Å². The minimum atomic E-state index is -0.664. The summed E-state index contributed by atoms with van der Waals surface area (Å²) < 4.78 is 26.6. The van der Waals surface area contributed by atoms with Gasteiger partial charge in [0.25, 0.3) is 0 Å². The van der Waals surface area contributed by atoms with Gasteiger partial charge in [0.15, 0.2) is 6.29 Å². The number of aromatic amines is 1. The number of pyridine rings is 1. The maximum Gasteiger partial charge on any atom is 0.152 e. The van der Waals surface area contributed by atoms with E-state index in [0.717, 1.165) is 6.07 Å². The zero-order valence-electron chi connectivity index (χ0n) is 9.65. The first-order chi connectivity index (χ1) is 9.19. The van der Waals surface area contributed by atoms with Crippen LogP contribution in [0.1, 0.15) is 10.4 Å². The number of H-pyrrole nitrogens is 1. The van der Waals surface area contributed by atoms with E-state index in [-0.39, 0.29) is 0 Å². The van der Waals surface area contributed by atoms with Gasteiger partial charge in [0, 0.05) is 29.4 Å². The lowest BCUT2D eigenvalue weighted by molar-refractivity contribution is 0.112. The van der Waals surface area contributed by atoms with Crippen LogP contribution in [0.2, 0.25) is 0 Å². The Morgan fingerprint density at radius 3 is 2.58 bits per heavy atom.